The number of nitro groups is 1. The first-order valence-corrected chi connectivity index (χ1v) is 7.86. The van der Waals surface area contributed by atoms with Crippen molar-refractivity contribution in [1.82, 2.24) is 0 Å². The number of benzene rings is 2. The number of para-hydroxylation sites is 1. The number of rotatable bonds is 7. The molecule has 0 saturated heterocycles. The van der Waals surface area contributed by atoms with Crippen LogP contribution in [0.1, 0.15) is 22.8 Å². The maximum absolute atomic E-state index is 12.1. The normalized spacial score (nSPS) is 10.1. The topological polar surface area (TPSA) is 108 Å². The molecule has 2 aromatic carbocycles. The van der Waals surface area contributed by atoms with E-state index in [-0.39, 0.29) is 24.5 Å². The smallest absolute Gasteiger partial charge is 0.340 e. The highest BCUT2D eigenvalue weighted by Crippen LogP contribution is 2.23. The van der Waals surface area contributed by atoms with E-state index in [4.69, 9.17) is 9.47 Å². The zero-order chi connectivity index (χ0) is 19.1. The summed E-state index contributed by atoms with van der Waals surface area (Å²) in [5.74, 6) is -0.671. The number of anilines is 1. The van der Waals surface area contributed by atoms with Gasteiger partial charge in [-0.2, -0.15) is 0 Å². The van der Waals surface area contributed by atoms with Crippen molar-refractivity contribution in [1.29, 1.82) is 0 Å². The van der Waals surface area contributed by atoms with E-state index in [1.165, 1.54) is 18.2 Å². The molecule has 0 bridgehead atoms. The Bertz CT molecular complexity index is 834. The SMILES string of the molecule is CCOC(=O)c1ccccc1NC(=O)COc1ccc([N+](=O)[O-])c(C)c1. The third-order valence-electron chi connectivity index (χ3n) is 3.43. The lowest BCUT2D eigenvalue weighted by molar-refractivity contribution is -0.385. The lowest BCUT2D eigenvalue weighted by Gasteiger charge is -2.11. The maximum Gasteiger partial charge on any atom is 0.340 e. The van der Waals surface area contributed by atoms with Gasteiger partial charge in [0.05, 0.1) is 22.8 Å². The summed E-state index contributed by atoms with van der Waals surface area (Å²) in [4.78, 5) is 34.3. The van der Waals surface area contributed by atoms with Crippen molar-refractivity contribution in [2.24, 2.45) is 0 Å². The first kappa shape index (κ1) is 18.9. The fraction of sp³-hybridized carbons (Fsp3) is 0.222. The van der Waals surface area contributed by atoms with Gasteiger partial charge in [-0.25, -0.2) is 4.79 Å². The van der Waals surface area contributed by atoms with E-state index in [9.17, 15) is 19.7 Å². The first-order chi connectivity index (χ1) is 12.4. The zero-order valence-electron chi connectivity index (χ0n) is 14.4. The molecule has 0 spiro atoms. The Labute approximate surface area is 149 Å². The zero-order valence-corrected chi connectivity index (χ0v) is 14.4. The quantitative estimate of drug-likeness (QED) is 0.463. The molecule has 0 atom stereocenters. The van der Waals surface area contributed by atoms with Crippen LogP contribution in [0, 0.1) is 17.0 Å². The van der Waals surface area contributed by atoms with Crippen LogP contribution >= 0.6 is 0 Å². The molecule has 1 amide bonds. The molecule has 0 fully saturated rings. The Morgan fingerprint density at radius 2 is 1.92 bits per heavy atom. The molecule has 0 aromatic heterocycles. The van der Waals surface area contributed by atoms with Gasteiger partial charge in [-0.1, -0.05) is 12.1 Å². The van der Waals surface area contributed by atoms with Gasteiger partial charge in [0.1, 0.15) is 5.75 Å². The third kappa shape index (κ3) is 4.79. The lowest BCUT2D eigenvalue weighted by atomic mass is 10.2. The summed E-state index contributed by atoms with van der Waals surface area (Å²) in [6.45, 7) is 3.19. The second kappa shape index (κ2) is 8.61. The van der Waals surface area contributed by atoms with Gasteiger partial charge in [0, 0.05) is 11.6 Å². The van der Waals surface area contributed by atoms with Crippen LogP contribution in [0.2, 0.25) is 0 Å². The van der Waals surface area contributed by atoms with Crippen molar-refractivity contribution < 1.29 is 24.0 Å². The molecule has 0 radical (unpaired) electrons. The summed E-state index contributed by atoms with van der Waals surface area (Å²) in [6.07, 6.45) is 0. The maximum atomic E-state index is 12.1. The van der Waals surface area contributed by atoms with E-state index < -0.39 is 16.8 Å². The molecule has 2 rings (SSSR count). The summed E-state index contributed by atoms with van der Waals surface area (Å²) in [7, 11) is 0. The van der Waals surface area contributed by atoms with Crippen LogP contribution in [0.15, 0.2) is 42.5 Å². The molecule has 1 N–H and O–H groups in total. The van der Waals surface area contributed by atoms with Crippen molar-refractivity contribution in [3.8, 4) is 5.75 Å². The highest BCUT2D eigenvalue weighted by Gasteiger charge is 2.15. The molecule has 0 heterocycles. The molecule has 0 unspecified atom stereocenters. The number of carbonyl (C=O) groups excluding carboxylic acids is 2. The van der Waals surface area contributed by atoms with Gasteiger partial charge in [-0.15, -0.1) is 0 Å². The minimum atomic E-state index is -0.532. The van der Waals surface area contributed by atoms with E-state index in [0.717, 1.165) is 0 Å². The van der Waals surface area contributed by atoms with Gasteiger partial charge in [0.2, 0.25) is 0 Å². The average Bonchev–Trinajstić information content (AvgIpc) is 2.60. The van der Waals surface area contributed by atoms with E-state index in [1.54, 1.807) is 38.1 Å². The van der Waals surface area contributed by atoms with Crippen molar-refractivity contribution >= 4 is 23.3 Å². The van der Waals surface area contributed by atoms with Crippen molar-refractivity contribution in [2.45, 2.75) is 13.8 Å². The van der Waals surface area contributed by atoms with Crippen LogP contribution in [0.3, 0.4) is 0 Å². The number of aryl methyl sites for hydroxylation is 1. The lowest BCUT2D eigenvalue weighted by Crippen LogP contribution is -2.22. The Morgan fingerprint density at radius 3 is 2.58 bits per heavy atom. The minimum absolute atomic E-state index is 0.0230. The number of nitrogens with zero attached hydrogens (tertiary/aromatic N) is 1. The van der Waals surface area contributed by atoms with Crippen LogP contribution in [-0.4, -0.2) is 30.0 Å². The number of amides is 1. The summed E-state index contributed by atoms with van der Waals surface area (Å²) in [5, 5.41) is 13.4. The molecule has 8 nitrogen and oxygen atoms in total. The molecule has 0 aliphatic rings. The van der Waals surface area contributed by atoms with E-state index in [2.05, 4.69) is 5.32 Å². The Morgan fingerprint density at radius 1 is 1.19 bits per heavy atom. The van der Waals surface area contributed by atoms with Crippen molar-refractivity contribution in [3.05, 3.63) is 63.7 Å². The highest BCUT2D eigenvalue weighted by molar-refractivity contribution is 6.01. The van der Waals surface area contributed by atoms with Crippen molar-refractivity contribution in [2.75, 3.05) is 18.5 Å². The predicted molar refractivity (Wildman–Crippen MR) is 94.4 cm³/mol. The minimum Gasteiger partial charge on any atom is -0.484 e. The molecule has 136 valence electrons. The summed E-state index contributed by atoms with van der Waals surface area (Å²) >= 11 is 0. The van der Waals surface area contributed by atoms with E-state index in [0.29, 0.717) is 17.0 Å². The van der Waals surface area contributed by atoms with Gasteiger partial charge in [0.25, 0.3) is 11.6 Å². The van der Waals surface area contributed by atoms with Gasteiger partial charge in [-0.05, 0) is 38.1 Å². The van der Waals surface area contributed by atoms with Crippen LogP contribution < -0.4 is 10.1 Å². The monoisotopic (exact) mass is 358 g/mol. The number of ether oxygens (including phenoxy) is 2. The molecular weight excluding hydrogens is 340 g/mol. The van der Waals surface area contributed by atoms with Crippen LogP contribution in [0.25, 0.3) is 0 Å². The molecular formula is C18H18N2O6. The standard InChI is InChI=1S/C18H18N2O6/c1-3-25-18(22)14-6-4-5-7-15(14)19-17(21)11-26-13-8-9-16(20(23)24)12(2)10-13/h4-10H,3,11H2,1-2H3,(H,19,21). The van der Waals surface area contributed by atoms with Gasteiger partial charge in [-0.3, -0.25) is 14.9 Å². The van der Waals surface area contributed by atoms with E-state index in [1.807, 2.05) is 0 Å². The third-order valence-corrected chi connectivity index (χ3v) is 3.43. The Hall–Kier alpha value is -3.42. The number of hydrogen-bond acceptors (Lipinski definition) is 6. The number of hydrogen-bond donors (Lipinski definition) is 1. The Kier molecular flexibility index (Phi) is 6.26. The number of nitro benzene ring substituents is 1. The predicted octanol–water partition coefficient (Wildman–Crippen LogP) is 3.10. The number of nitrogens with one attached hydrogen (secondary N) is 1. The first-order valence-electron chi connectivity index (χ1n) is 7.86. The highest BCUT2D eigenvalue weighted by atomic mass is 16.6. The van der Waals surface area contributed by atoms with Crippen LogP contribution in [0.4, 0.5) is 11.4 Å². The fourth-order valence-corrected chi connectivity index (χ4v) is 2.24. The second-order valence-electron chi connectivity index (χ2n) is 5.31. The van der Waals surface area contributed by atoms with Crippen molar-refractivity contribution in [3.63, 3.8) is 0 Å². The summed E-state index contributed by atoms with van der Waals surface area (Å²) in [6, 6.07) is 10.7. The molecule has 0 saturated carbocycles. The fourth-order valence-electron chi connectivity index (χ4n) is 2.24. The van der Waals surface area contributed by atoms with Crippen LogP contribution in [-0.2, 0) is 9.53 Å². The second-order valence-corrected chi connectivity index (χ2v) is 5.31. The van der Waals surface area contributed by atoms with Crippen LogP contribution in [0.5, 0.6) is 5.75 Å². The van der Waals surface area contributed by atoms with Gasteiger partial charge >= 0.3 is 5.97 Å². The largest absolute Gasteiger partial charge is 0.484 e. The Balaban J connectivity index is 2.01. The molecule has 2 aromatic rings. The molecule has 0 aliphatic carbocycles. The summed E-state index contributed by atoms with van der Waals surface area (Å²) < 4.78 is 10.3. The molecule has 26 heavy (non-hydrogen) atoms. The number of esters is 1. The van der Waals surface area contributed by atoms with Gasteiger partial charge < -0.3 is 14.8 Å². The number of carbonyl (C=O) groups is 2. The molecule has 0 aliphatic heterocycles. The average molecular weight is 358 g/mol. The van der Waals surface area contributed by atoms with E-state index >= 15 is 0 Å². The molecule has 8 heteroatoms. The summed E-state index contributed by atoms with van der Waals surface area (Å²) in [5.41, 5.74) is 0.971. The van der Waals surface area contributed by atoms with Gasteiger partial charge in [0.15, 0.2) is 6.61 Å².